The maximum absolute atomic E-state index is 13.8. The van der Waals surface area contributed by atoms with Crippen LogP contribution in [0.5, 0.6) is 0 Å². The molecule has 2 heterocycles. The highest BCUT2D eigenvalue weighted by Gasteiger charge is 2.39. The first-order chi connectivity index (χ1) is 20.5. The van der Waals surface area contributed by atoms with E-state index >= 15 is 0 Å². The van der Waals surface area contributed by atoms with Gasteiger partial charge in [0.15, 0.2) is 0 Å². The summed E-state index contributed by atoms with van der Waals surface area (Å²) in [6, 6.07) is 11.9. The van der Waals surface area contributed by atoms with Gasteiger partial charge in [0.05, 0.1) is 50.4 Å². The normalized spacial score (nSPS) is 14.8. The van der Waals surface area contributed by atoms with Crippen molar-refractivity contribution in [2.75, 3.05) is 6.54 Å². The van der Waals surface area contributed by atoms with Gasteiger partial charge < -0.3 is 0 Å². The molecule has 3 aromatic carbocycles. The Hall–Kier alpha value is -4.32. The molecule has 2 amide bonds. The van der Waals surface area contributed by atoms with Gasteiger partial charge in [0, 0.05) is 34.2 Å². The first-order valence-corrected chi connectivity index (χ1v) is 15.9. The molecule has 3 aromatic rings. The molecule has 0 N–H and O–H groups in total. The van der Waals surface area contributed by atoms with Crippen LogP contribution in [0.15, 0.2) is 40.1 Å². The quantitative estimate of drug-likeness (QED) is 0.0960. The molecule has 1 atom stereocenters. The van der Waals surface area contributed by atoms with Crippen LogP contribution < -0.4 is 0 Å². The predicted molar refractivity (Wildman–Crippen MR) is 162 cm³/mol. The van der Waals surface area contributed by atoms with Crippen LogP contribution >= 0.6 is 0 Å². The maximum atomic E-state index is 13.8. The van der Waals surface area contributed by atoms with E-state index in [1.54, 1.807) is 18.2 Å². The molecule has 5 rings (SSSR count). The molecule has 0 aliphatic carbocycles. The maximum Gasteiger partial charge on any atom is 0.261 e. The molecular formula is C34H32N4O3S. The minimum atomic E-state index is -1.80. The van der Waals surface area contributed by atoms with E-state index in [2.05, 4.69) is 23.9 Å². The fourth-order valence-electron chi connectivity index (χ4n) is 6.16. The fraction of sp³-hybridized carbons (Fsp3) is 0.382. The van der Waals surface area contributed by atoms with Crippen molar-refractivity contribution in [2.24, 2.45) is 0 Å². The van der Waals surface area contributed by atoms with Crippen LogP contribution in [0.3, 0.4) is 0 Å². The number of amides is 2. The molecule has 2 aliphatic heterocycles. The molecule has 0 saturated heterocycles. The molecule has 0 bridgehead atoms. The third-order valence-corrected chi connectivity index (χ3v) is 9.82. The summed E-state index contributed by atoms with van der Waals surface area (Å²) in [5.74, 6) is -0.958. The highest BCUT2D eigenvalue weighted by atomic mass is 32.2. The third kappa shape index (κ3) is 5.11. The van der Waals surface area contributed by atoms with Crippen molar-refractivity contribution in [3.05, 3.63) is 64.0 Å². The third-order valence-electron chi connectivity index (χ3n) is 8.28. The zero-order valence-electron chi connectivity index (χ0n) is 23.8. The number of hydrogen-bond acceptors (Lipinski definition) is 5. The Labute approximate surface area is 249 Å². The molecular weight excluding hydrogens is 544 g/mol. The van der Waals surface area contributed by atoms with Crippen molar-refractivity contribution in [2.45, 2.75) is 87.3 Å². The predicted octanol–water partition coefficient (Wildman–Crippen LogP) is 8.19. The number of carbonyl (C=O) groups is 2. The number of fused-ring (bicyclic) bond motifs is 2. The van der Waals surface area contributed by atoms with Gasteiger partial charge in [0.1, 0.15) is 0 Å². The molecule has 7 nitrogen and oxygen atoms in total. The first-order valence-electron chi connectivity index (χ1n) is 14.7. The van der Waals surface area contributed by atoms with Crippen molar-refractivity contribution in [1.29, 1.82) is 10.5 Å². The van der Waals surface area contributed by atoms with Crippen molar-refractivity contribution in [3.8, 4) is 23.3 Å². The number of nitrogens with zero attached hydrogens (tertiary/aromatic N) is 4. The Kier molecular flexibility index (Phi) is 8.81. The summed E-state index contributed by atoms with van der Waals surface area (Å²) in [6.45, 7) is 10.3. The van der Waals surface area contributed by atoms with Gasteiger partial charge in [-0.15, -0.1) is 0 Å². The van der Waals surface area contributed by atoms with E-state index in [-0.39, 0.29) is 33.8 Å². The van der Waals surface area contributed by atoms with Gasteiger partial charge in [-0.05, 0) is 42.1 Å². The average molecular weight is 577 g/mol. The van der Waals surface area contributed by atoms with Gasteiger partial charge in [-0.2, -0.15) is 10.5 Å². The zero-order chi connectivity index (χ0) is 29.8. The molecule has 0 spiro atoms. The van der Waals surface area contributed by atoms with Gasteiger partial charge in [0.25, 0.3) is 11.8 Å². The minimum absolute atomic E-state index is 0.0606. The summed E-state index contributed by atoms with van der Waals surface area (Å²) in [5.41, 5.74) is 1.83. The Bertz CT molecular complexity index is 1730. The standard InChI is InChI=1S/C34H32N4O3S/c1-3-4-5-6-7-8-9-10-11-12-13-16-38-33(39)25-18-23(21-36)29-24-17-22(20-35)14-15-28(24)42(41)32-27(37-2)19-26(34(38)40)30(25)31(29)32/h14-15,17-19H,3-13,16H2,1H3. The lowest BCUT2D eigenvalue weighted by molar-refractivity contribution is 0.0607. The van der Waals surface area contributed by atoms with Crippen molar-refractivity contribution < 1.29 is 13.8 Å². The molecule has 212 valence electrons. The van der Waals surface area contributed by atoms with Gasteiger partial charge in [-0.25, -0.2) is 4.85 Å². The summed E-state index contributed by atoms with van der Waals surface area (Å²) in [6.07, 6.45) is 12.7. The summed E-state index contributed by atoms with van der Waals surface area (Å²) < 4.78 is 13.8. The molecule has 0 radical (unpaired) electrons. The highest BCUT2D eigenvalue weighted by Crippen LogP contribution is 2.51. The monoisotopic (exact) mass is 576 g/mol. The highest BCUT2D eigenvalue weighted by molar-refractivity contribution is 7.85. The van der Waals surface area contributed by atoms with Crippen LogP contribution in [-0.2, 0) is 10.8 Å². The lowest BCUT2D eigenvalue weighted by Crippen LogP contribution is -2.41. The van der Waals surface area contributed by atoms with Crippen LogP contribution in [0.25, 0.3) is 26.7 Å². The number of unbranched alkanes of at least 4 members (excludes halogenated alkanes) is 10. The van der Waals surface area contributed by atoms with Gasteiger partial charge >= 0.3 is 0 Å². The molecule has 0 saturated carbocycles. The number of nitriles is 2. The summed E-state index contributed by atoms with van der Waals surface area (Å²) in [7, 11) is -1.80. The van der Waals surface area contributed by atoms with Crippen LogP contribution in [-0.4, -0.2) is 27.5 Å². The number of rotatable bonds is 12. The summed E-state index contributed by atoms with van der Waals surface area (Å²) in [4.78, 5) is 32.9. The number of hydrogen-bond donors (Lipinski definition) is 0. The second-order valence-electron chi connectivity index (χ2n) is 11.0. The molecule has 0 aromatic heterocycles. The number of imide groups is 1. The van der Waals surface area contributed by atoms with Gasteiger partial charge in [0.2, 0.25) is 5.69 Å². The van der Waals surface area contributed by atoms with E-state index in [1.807, 2.05) is 0 Å². The SMILES string of the molecule is [C-]#[N+]c1cc2c3c(cc(C#N)c4c3c1S(=O)c1ccc(C#N)cc1-4)C(=O)N(CCCCCCCCCCCCC)C2=O. The summed E-state index contributed by atoms with van der Waals surface area (Å²) >= 11 is 0. The lowest BCUT2D eigenvalue weighted by atomic mass is 9.85. The number of benzene rings is 3. The van der Waals surface area contributed by atoms with E-state index in [0.717, 1.165) is 19.3 Å². The first kappa shape index (κ1) is 29.2. The van der Waals surface area contributed by atoms with Crippen LogP contribution in [0, 0.1) is 29.2 Å². The van der Waals surface area contributed by atoms with Crippen molar-refractivity contribution >= 4 is 39.1 Å². The van der Waals surface area contributed by atoms with Crippen LogP contribution in [0.2, 0.25) is 0 Å². The Morgan fingerprint density at radius 1 is 0.810 bits per heavy atom. The van der Waals surface area contributed by atoms with E-state index in [1.165, 1.54) is 62.0 Å². The number of carbonyl (C=O) groups excluding carboxylic acids is 2. The average Bonchev–Trinajstić information content (AvgIpc) is 3.01. The van der Waals surface area contributed by atoms with Gasteiger partial charge in [-0.1, -0.05) is 71.1 Å². The molecule has 0 fully saturated rings. The van der Waals surface area contributed by atoms with Crippen molar-refractivity contribution in [1.82, 2.24) is 4.90 Å². The molecule has 1 unspecified atom stereocenters. The van der Waals surface area contributed by atoms with Gasteiger partial charge in [-0.3, -0.25) is 18.7 Å². The Balaban J connectivity index is 1.43. The van der Waals surface area contributed by atoms with E-state index in [9.17, 15) is 24.3 Å². The largest absolute Gasteiger partial charge is 0.274 e. The Morgan fingerprint density at radius 2 is 1.43 bits per heavy atom. The second kappa shape index (κ2) is 12.7. The fourth-order valence-corrected chi connectivity index (χ4v) is 7.61. The minimum Gasteiger partial charge on any atom is -0.274 e. The molecule has 42 heavy (non-hydrogen) atoms. The zero-order valence-corrected chi connectivity index (χ0v) is 24.6. The molecule has 2 aliphatic rings. The van der Waals surface area contributed by atoms with E-state index in [0.29, 0.717) is 38.8 Å². The topological polar surface area (TPSA) is 106 Å². The Morgan fingerprint density at radius 3 is 2.02 bits per heavy atom. The van der Waals surface area contributed by atoms with E-state index in [4.69, 9.17) is 6.57 Å². The lowest BCUT2D eigenvalue weighted by Gasteiger charge is -2.31. The van der Waals surface area contributed by atoms with E-state index < -0.39 is 22.6 Å². The molecule has 8 heteroatoms. The smallest absolute Gasteiger partial charge is 0.261 e. The van der Waals surface area contributed by atoms with Crippen molar-refractivity contribution in [3.63, 3.8) is 0 Å². The second-order valence-corrected chi connectivity index (χ2v) is 12.4. The summed E-state index contributed by atoms with van der Waals surface area (Å²) in [5, 5.41) is 20.3. The van der Waals surface area contributed by atoms with Crippen LogP contribution in [0.1, 0.15) is 109 Å². The van der Waals surface area contributed by atoms with Crippen LogP contribution in [0.4, 0.5) is 5.69 Å².